The van der Waals surface area contributed by atoms with E-state index >= 15 is 0 Å². The number of amides is 3. The second kappa shape index (κ2) is 10.2. The van der Waals surface area contributed by atoms with Gasteiger partial charge in [0.05, 0.1) is 13.1 Å². The third-order valence-corrected chi connectivity index (χ3v) is 3.42. The van der Waals surface area contributed by atoms with Gasteiger partial charge in [-0.3, -0.25) is 19.2 Å². The number of hydrogen-bond donors (Lipinski definition) is 2. The summed E-state index contributed by atoms with van der Waals surface area (Å²) < 4.78 is 0. The molecule has 0 saturated carbocycles. The summed E-state index contributed by atoms with van der Waals surface area (Å²) in [5.41, 5.74) is 0.510. The van der Waals surface area contributed by atoms with Crippen molar-refractivity contribution in [3.8, 4) is 0 Å². The molecule has 136 valence electrons. The first-order valence-corrected chi connectivity index (χ1v) is 8.26. The fraction of sp³-hybridized carbons (Fsp3) is 0.444. The van der Waals surface area contributed by atoms with E-state index in [1.807, 2.05) is 13.0 Å². The molecule has 0 aromatic heterocycles. The van der Waals surface area contributed by atoms with Gasteiger partial charge in [0.15, 0.2) is 0 Å². The summed E-state index contributed by atoms with van der Waals surface area (Å²) in [4.78, 5) is 48.8. The maximum atomic E-state index is 12.5. The van der Waals surface area contributed by atoms with Crippen LogP contribution in [0.4, 0.5) is 0 Å². The Bertz CT molecular complexity index is 616. The van der Waals surface area contributed by atoms with Gasteiger partial charge in [-0.2, -0.15) is 0 Å². The topological polar surface area (TPSA) is 95.6 Å². The van der Waals surface area contributed by atoms with Gasteiger partial charge < -0.3 is 15.5 Å². The van der Waals surface area contributed by atoms with Crippen LogP contribution >= 0.6 is 0 Å². The molecule has 0 unspecified atom stereocenters. The standard InChI is InChI=1S/C18H25N3O4/c1-4-10-21(18(25)15-8-6-5-7-9-15)12-16(23)20-14(3)17(24)19-11-13(2)22/h5-9,14H,4,10-12H2,1-3H3,(H,19,24)(H,20,23)/t14-/m0/s1. The summed E-state index contributed by atoms with van der Waals surface area (Å²) in [6.45, 7) is 5.03. The normalized spacial score (nSPS) is 11.3. The first-order chi connectivity index (χ1) is 11.8. The van der Waals surface area contributed by atoms with Crippen LogP contribution in [-0.2, 0) is 14.4 Å². The molecule has 25 heavy (non-hydrogen) atoms. The molecule has 1 aromatic carbocycles. The molecule has 7 nitrogen and oxygen atoms in total. The summed E-state index contributed by atoms with van der Waals surface area (Å²) in [5, 5.41) is 4.97. The highest BCUT2D eigenvalue weighted by Crippen LogP contribution is 2.05. The molecule has 0 radical (unpaired) electrons. The molecular weight excluding hydrogens is 322 g/mol. The van der Waals surface area contributed by atoms with Crippen molar-refractivity contribution in [3.05, 3.63) is 35.9 Å². The molecule has 1 atom stereocenters. The first-order valence-electron chi connectivity index (χ1n) is 8.26. The molecule has 0 aliphatic carbocycles. The summed E-state index contributed by atoms with van der Waals surface area (Å²) in [5.74, 6) is -1.27. The van der Waals surface area contributed by atoms with Gasteiger partial charge in [-0.05, 0) is 32.4 Å². The van der Waals surface area contributed by atoms with Crippen molar-refractivity contribution in [2.75, 3.05) is 19.6 Å². The summed E-state index contributed by atoms with van der Waals surface area (Å²) in [6.07, 6.45) is 0.709. The fourth-order valence-corrected chi connectivity index (χ4v) is 2.18. The molecule has 0 spiro atoms. The Morgan fingerprint density at radius 3 is 2.32 bits per heavy atom. The number of rotatable bonds is 9. The number of carbonyl (C=O) groups is 4. The largest absolute Gasteiger partial charge is 0.347 e. The quantitative estimate of drug-likeness (QED) is 0.689. The Morgan fingerprint density at radius 1 is 1.12 bits per heavy atom. The van der Waals surface area contributed by atoms with Crippen molar-refractivity contribution in [1.82, 2.24) is 15.5 Å². The van der Waals surface area contributed by atoms with Gasteiger partial charge in [-0.15, -0.1) is 0 Å². The van der Waals surface area contributed by atoms with E-state index in [4.69, 9.17) is 0 Å². The molecule has 0 aliphatic heterocycles. The molecule has 1 rings (SSSR count). The maximum Gasteiger partial charge on any atom is 0.254 e. The smallest absolute Gasteiger partial charge is 0.254 e. The monoisotopic (exact) mass is 347 g/mol. The first kappa shape index (κ1) is 20.3. The Kier molecular flexibility index (Phi) is 8.32. The van der Waals surface area contributed by atoms with Crippen LogP contribution in [0.3, 0.4) is 0 Å². The Balaban J connectivity index is 2.62. The number of hydrogen-bond acceptors (Lipinski definition) is 4. The zero-order chi connectivity index (χ0) is 18.8. The van der Waals surface area contributed by atoms with Gasteiger partial charge in [-0.1, -0.05) is 25.1 Å². The third-order valence-electron chi connectivity index (χ3n) is 3.42. The lowest BCUT2D eigenvalue weighted by Crippen LogP contribution is -2.49. The van der Waals surface area contributed by atoms with E-state index in [0.717, 1.165) is 0 Å². The molecule has 3 amide bonds. The summed E-state index contributed by atoms with van der Waals surface area (Å²) in [7, 11) is 0. The van der Waals surface area contributed by atoms with E-state index < -0.39 is 17.9 Å². The lowest BCUT2D eigenvalue weighted by atomic mass is 10.2. The molecular formula is C18H25N3O4. The zero-order valence-electron chi connectivity index (χ0n) is 14.9. The van der Waals surface area contributed by atoms with Gasteiger partial charge in [0.2, 0.25) is 11.8 Å². The van der Waals surface area contributed by atoms with Crippen molar-refractivity contribution in [2.24, 2.45) is 0 Å². The molecule has 1 aromatic rings. The van der Waals surface area contributed by atoms with Gasteiger partial charge in [-0.25, -0.2) is 0 Å². The van der Waals surface area contributed by atoms with Crippen LogP contribution in [0.1, 0.15) is 37.6 Å². The Labute approximate surface area is 147 Å². The Hall–Kier alpha value is -2.70. The van der Waals surface area contributed by atoms with E-state index in [0.29, 0.717) is 18.5 Å². The van der Waals surface area contributed by atoms with Gasteiger partial charge in [0, 0.05) is 12.1 Å². The fourth-order valence-electron chi connectivity index (χ4n) is 2.18. The van der Waals surface area contributed by atoms with Crippen molar-refractivity contribution in [2.45, 2.75) is 33.2 Å². The molecule has 7 heteroatoms. The van der Waals surface area contributed by atoms with Gasteiger partial charge in [0.25, 0.3) is 5.91 Å². The van der Waals surface area contributed by atoms with Gasteiger partial charge in [0.1, 0.15) is 11.8 Å². The SMILES string of the molecule is CCCN(CC(=O)N[C@@H](C)C(=O)NCC(C)=O)C(=O)c1ccccc1. The zero-order valence-corrected chi connectivity index (χ0v) is 14.9. The van der Waals surface area contributed by atoms with E-state index in [9.17, 15) is 19.2 Å². The third kappa shape index (κ3) is 7.15. The number of ketones is 1. The molecule has 0 fully saturated rings. The molecule has 0 bridgehead atoms. The second-order valence-corrected chi connectivity index (χ2v) is 5.80. The average molecular weight is 347 g/mol. The summed E-state index contributed by atoms with van der Waals surface area (Å²) >= 11 is 0. The van der Waals surface area contributed by atoms with Crippen LogP contribution in [-0.4, -0.2) is 54.1 Å². The minimum absolute atomic E-state index is 0.0759. The van der Waals surface area contributed by atoms with Crippen LogP contribution in [0, 0.1) is 0 Å². The number of nitrogens with one attached hydrogen (secondary N) is 2. The summed E-state index contributed by atoms with van der Waals surface area (Å²) in [6, 6.07) is 7.94. The number of carbonyl (C=O) groups excluding carboxylic acids is 4. The molecule has 0 heterocycles. The van der Waals surface area contributed by atoms with E-state index in [-0.39, 0.29) is 24.8 Å². The van der Waals surface area contributed by atoms with Crippen molar-refractivity contribution < 1.29 is 19.2 Å². The van der Waals surface area contributed by atoms with E-state index in [1.54, 1.807) is 24.3 Å². The van der Waals surface area contributed by atoms with Crippen molar-refractivity contribution in [1.29, 1.82) is 0 Å². The predicted molar refractivity (Wildman–Crippen MR) is 93.9 cm³/mol. The van der Waals surface area contributed by atoms with E-state index in [1.165, 1.54) is 18.7 Å². The lowest BCUT2D eigenvalue weighted by molar-refractivity contribution is -0.129. The minimum atomic E-state index is -0.790. The Morgan fingerprint density at radius 2 is 1.76 bits per heavy atom. The van der Waals surface area contributed by atoms with Crippen LogP contribution in [0.15, 0.2) is 30.3 Å². The van der Waals surface area contributed by atoms with Crippen molar-refractivity contribution in [3.63, 3.8) is 0 Å². The highest BCUT2D eigenvalue weighted by atomic mass is 16.2. The molecule has 2 N–H and O–H groups in total. The minimum Gasteiger partial charge on any atom is -0.347 e. The number of nitrogens with zero attached hydrogens (tertiary/aromatic N) is 1. The van der Waals surface area contributed by atoms with Crippen LogP contribution in [0.5, 0.6) is 0 Å². The number of benzene rings is 1. The van der Waals surface area contributed by atoms with Crippen LogP contribution < -0.4 is 10.6 Å². The predicted octanol–water partition coefficient (Wildman–Crippen LogP) is 0.749. The lowest BCUT2D eigenvalue weighted by Gasteiger charge is -2.23. The van der Waals surface area contributed by atoms with Crippen LogP contribution in [0.25, 0.3) is 0 Å². The van der Waals surface area contributed by atoms with Gasteiger partial charge >= 0.3 is 0 Å². The average Bonchev–Trinajstić information content (AvgIpc) is 2.59. The molecule has 0 saturated heterocycles. The van der Waals surface area contributed by atoms with Crippen LogP contribution in [0.2, 0.25) is 0 Å². The second-order valence-electron chi connectivity index (χ2n) is 5.80. The molecule has 0 aliphatic rings. The van der Waals surface area contributed by atoms with Crippen molar-refractivity contribution >= 4 is 23.5 Å². The van der Waals surface area contributed by atoms with E-state index in [2.05, 4.69) is 10.6 Å². The highest BCUT2D eigenvalue weighted by Gasteiger charge is 2.21. The highest BCUT2D eigenvalue weighted by molar-refractivity contribution is 5.97. The number of Topliss-reactive ketones (excluding diaryl/α,β-unsaturated/α-hetero) is 1. The maximum absolute atomic E-state index is 12.5.